The summed E-state index contributed by atoms with van der Waals surface area (Å²) in [5.74, 6) is 0.295. The summed E-state index contributed by atoms with van der Waals surface area (Å²) in [6.45, 7) is 3.84. The molecule has 0 saturated heterocycles. The summed E-state index contributed by atoms with van der Waals surface area (Å²) in [5, 5.41) is 9.11. The molecule has 0 radical (unpaired) electrons. The van der Waals surface area contributed by atoms with E-state index < -0.39 is 5.82 Å². The third-order valence-electron chi connectivity index (χ3n) is 3.16. The van der Waals surface area contributed by atoms with Crippen LogP contribution < -0.4 is 4.74 Å². The molecular weight excluding hydrogens is 241 g/mol. The van der Waals surface area contributed by atoms with Gasteiger partial charge in [-0.1, -0.05) is 12.1 Å². The van der Waals surface area contributed by atoms with Crippen LogP contribution in [0.5, 0.6) is 5.75 Å². The van der Waals surface area contributed by atoms with E-state index >= 15 is 0 Å². The van der Waals surface area contributed by atoms with E-state index in [0.29, 0.717) is 5.56 Å². The highest BCUT2D eigenvalue weighted by Gasteiger charge is 2.13. The predicted octanol–water partition coefficient (Wildman–Crippen LogP) is 3.99. The molecule has 2 aromatic carbocycles. The Bertz CT molecular complexity index is 671. The molecule has 0 atom stereocenters. The highest BCUT2D eigenvalue weighted by Crippen LogP contribution is 2.32. The van der Waals surface area contributed by atoms with E-state index in [1.54, 1.807) is 19.2 Å². The van der Waals surface area contributed by atoms with Crippen LogP contribution in [0.25, 0.3) is 11.1 Å². The van der Waals surface area contributed by atoms with Crippen LogP contribution in [0.4, 0.5) is 4.39 Å². The molecular formula is C16H14FNO. The van der Waals surface area contributed by atoms with Gasteiger partial charge in [0.1, 0.15) is 17.6 Å². The summed E-state index contributed by atoms with van der Waals surface area (Å²) in [4.78, 5) is 0. The molecule has 2 rings (SSSR count). The fourth-order valence-electron chi connectivity index (χ4n) is 2.16. The van der Waals surface area contributed by atoms with Crippen molar-refractivity contribution in [3.8, 4) is 22.9 Å². The Morgan fingerprint density at radius 2 is 1.84 bits per heavy atom. The molecule has 0 aliphatic rings. The van der Waals surface area contributed by atoms with Crippen molar-refractivity contribution in [3.05, 3.63) is 52.8 Å². The maximum absolute atomic E-state index is 13.7. The summed E-state index contributed by atoms with van der Waals surface area (Å²) >= 11 is 0. The Morgan fingerprint density at radius 3 is 2.47 bits per heavy atom. The molecule has 0 aliphatic carbocycles. The van der Waals surface area contributed by atoms with Crippen LogP contribution in [0.3, 0.4) is 0 Å². The minimum Gasteiger partial charge on any atom is -0.496 e. The number of rotatable bonds is 2. The predicted molar refractivity (Wildman–Crippen MR) is 72.6 cm³/mol. The molecule has 0 N–H and O–H groups in total. The zero-order chi connectivity index (χ0) is 14.0. The van der Waals surface area contributed by atoms with Crippen LogP contribution >= 0.6 is 0 Å². The van der Waals surface area contributed by atoms with Crippen molar-refractivity contribution in [1.82, 2.24) is 0 Å². The van der Waals surface area contributed by atoms with Crippen molar-refractivity contribution in [2.24, 2.45) is 0 Å². The molecule has 0 aliphatic heterocycles. The molecule has 96 valence electrons. The van der Waals surface area contributed by atoms with Crippen molar-refractivity contribution in [3.63, 3.8) is 0 Å². The fraction of sp³-hybridized carbons (Fsp3) is 0.188. The van der Waals surface area contributed by atoms with Gasteiger partial charge in [0.2, 0.25) is 0 Å². The molecule has 0 fully saturated rings. The minimum absolute atomic E-state index is 0.0789. The van der Waals surface area contributed by atoms with Gasteiger partial charge in [0.15, 0.2) is 0 Å². The van der Waals surface area contributed by atoms with Crippen LogP contribution in [0.15, 0.2) is 30.3 Å². The summed E-state index contributed by atoms with van der Waals surface area (Å²) in [5.41, 5.74) is 3.45. The molecule has 0 aromatic heterocycles. The highest BCUT2D eigenvalue weighted by atomic mass is 19.1. The maximum Gasteiger partial charge on any atom is 0.141 e. The number of methoxy groups -OCH3 is 1. The number of nitrogens with zero attached hydrogens (tertiary/aromatic N) is 1. The third-order valence-corrected chi connectivity index (χ3v) is 3.16. The molecule has 0 bridgehead atoms. The SMILES string of the molecule is COc1cc(C)c(-c2cccc(F)c2C#N)cc1C. The lowest BCUT2D eigenvalue weighted by Gasteiger charge is -2.12. The number of hydrogen-bond acceptors (Lipinski definition) is 2. The first-order valence-corrected chi connectivity index (χ1v) is 5.92. The number of halogens is 1. The second-order valence-corrected chi connectivity index (χ2v) is 4.41. The first-order chi connectivity index (χ1) is 9.08. The number of benzene rings is 2. The Hall–Kier alpha value is -2.34. The Kier molecular flexibility index (Phi) is 3.52. The average molecular weight is 255 g/mol. The Labute approximate surface area is 112 Å². The second kappa shape index (κ2) is 5.11. The molecule has 0 unspecified atom stereocenters. The average Bonchev–Trinajstić information content (AvgIpc) is 2.40. The quantitative estimate of drug-likeness (QED) is 0.812. The lowest BCUT2D eigenvalue weighted by molar-refractivity contribution is 0.411. The number of aryl methyl sites for hydroxylation is 2. The molecule has 0 saturated carbocycles. The van der Waals surface area contributed by atoms with E-state index in [2.05, 4.69) is 0 Å². The van der Waals surface area contributed by atoms with Crippen LogP contribution in [0, 0.1) is 31.0 Å². The molecule has 2 aromatic rings. The summed E-state index contributed by atoms with van der Waals surface area (Å²) in [6.07, 6.45) is 0. The molecule has 0 heterocycles. The van der Waals surface area contributed by atoms with Gasteiger partial charge in [0.05, 0.1) is 12.7 Å². The number of hydrogen-bond donors (Lipinski definition) is 0. The summed E-state index contributed by atoms with van der Waals surface area (Å²) in [7, 11) is 1.62. The lowest BCUT2D eigenvalue weighted by Crippen LogP contribution is -1.94. The number of nitriles is 1. The first-order valence-electron chi connectivity index (χ1n) is 5.92. The molecule has 19 heavy (non-hydrogen) atoms. The van der Waals surface area contributed by atoms with E-state index in [1.807, 2.05) is 32.0 Å². The van der Waals surface area contributed by atoms with Gasteiger partial charge in [-0.05, 0) is 48.7 Å². The van der Waals surface area contributed by atoms with Gasteiger partial charge in [-0.15, -0.1) is 0 Å². The largest absolute Gasteiger partial charge is 0.496 e. The van der Waals surface area contributed by atoms with Gasteiger partial charge in [-0.2, -0.15) is 5.26 Å². The van der Waals surface area contributed by atoms with Gasteiger partial charge in [-0.25, -0.2) is 4.39 Å². The van der Waals surface area contributed by atoms with Crippen LogP contribution in [-0.2, 0) is 0 Å². The van der Waals surface area contributed by atoms with Gasteiger partial charge >= 0.3 is 0 Å². The summed E-state index contributed by atoms with van der Waals surface area (Å²) in [6, 6.07) is 10.4. The zero-order valence-electron chi connectivity index (χ0n) is 11.1. The molecule has 0 amide bonds. The zero-order valence-corrected chi connectivity index (χ0v) is 11.1. The van der Waals surface area contributed by atoms with Gasteiger partial charge in [-0.3, -0.25) is 0 Å². The van der Waals surface area contributed by atoms with Crippen molar-refractivity contribution < 1.29 is 9.13 Å². The van der Waals surface area contributed by atoms with Crippen LogP contribution in [0.1, 0.15) is 16.7 Å². The maximum atomic E-state index is 13.7. The normalized spacial score (nSPS) is 10.1. The van der Waals surface area contributed by atoms with Gasteiger partial charge in [0.25, 0.3) is 0 Å². The Balaban J connectivity index is 2.70. The molecule has 0 spiro atoms. The van der Waals surface area contributed by atoms with E-state index in [4.69, 9.17) is 10.00 Å². The standard InChI is InChI=1S/C16H14FNO/c1-10-8-16(19-3)11(2)7-13(10)12-5-4-6-15(17)14(12)9-18/h4-8H,1-3H3. The van der Waals surface area contributed by atoms with E-state index in [-0.39, 0.29) is 5.56 Å². The third kappa shape index (κ3) is 2.30. The van der Waals surface area contributed by atoms with Crippen LogP contribution in [-0.4, -0.2) is 7.11 Å². The van der Waals surface area contributed by atoms with Gasteiger partial charge in [0, 0.05) is 5.56 Å². The second-order valence-electron chi connectivity index (χ2n) is 4.41. The van der Waals surface area contributed by atoms with E-state index in [9.17, 15) is 4.39 Å². The van der Waals surface area contributed by atoms with Gasteiger partial charge < -0.3 is 4.74 Å². The van der Waals surface area contributed by atoms with E-state index in [1.165, 1.54) is 6.07 Å². The van der Waals surface area contributed by atoms with Crippen molar-refractivity contribution in [2.45, 2.75) is 13.8 Å². The molecule has 3 heteroatoms. The monoisotopic (exact) mass is 255 g/mol. The minimum atomic E-state index is -0.493. The van der Waals surface area contributed by atoms with Crippen LogP contribution in [0.2, 0.25) is 0 Å². The fourth-order valence-corrected chi connectivity index (χ4v) is 2.16. The highest BCUT2D eigenvalue weighted by molar-refractivity contribution is 5.75. The first kappa shape index (κ1) is 13.1. The number of ether oxygens (including phenoxy) is 1. The molecule has 2 nitrogen and oxygen atoms in total. The lowest BCUT2D eigenvalue weighted by atomic mass is 9.94. The smallest absolute Gasteiger partial charge is 0.141 e. The van der Waals surface area contributed by atoms with Crippen molar-refractivity contribution in [2.75, 3.05) is 7.11 Å². The Morgan fingerprint density at radius 1 is 1.11 bits per heavy atom. The van der Waals surface area contributed by atoms with Crippen molar-refractivity contribution in [1.29, 1.82) is 5.26 Å². The van der Waals surface area contributed by atoms with Crippen molar-refractivity contribution >= 4 is 0 Å². The van der Waals surface area contributed by atoms with E-state index in [0.717, 1.165) is 22.4 Å². The topological polar surface area (TPSA) is 33.0 Å². The summed E-state index contributed by atoms with van der Waals surface area (Å²) < 4.78 is 18.9.